The molecule has 5 nitrogen and oxygen atoms in total. The van der Waals surface area contributed by atoms with Crippen molar-refractivity contribution in [2.24, 2.45) is 0 Å². The van der Waals surface area contributed by atoms with Gasteiger partial charge in [0, 0.05) is 0 Å². The Bertz CT molecular complexity index is 42.2. The van der Waals surface area contributed by atoms with Crippen molar-refractivity contribution in [1.29, 1.82) is 0 Å². The molecule has 0 saturated carbocycles. The van der Waals surface area contributed by atoms with Crippen molar-refractivity contribution in [3.8, 4) is 0 Å². The maximum absolute atomic E-state index is 8.36. The second-order valence-corrected chi connectivity index (χ2v) is 0.238. The lowest BCUT2D eigenvalue weighted by Gasteiger charge is -1.56. The van der Waals surface area contributed by atoms with Crippen molar-refractivity contribution < 1.29 is 10.3 Å². The molecule has 0 bridgehead atoms. The van der Waals surface area contributed by atoms with Gasteiger partial charge in [0.1, 0.15) is 0 Å². The Labute approximate surface area is 41.0 Å². The topological polar surface area (TPSA) is 98.4 Å². The third kappa shape index (κ3) is 34.1. The van der Waals surface area contributed by atoms with Crippen molar-refractivity contribution in [1.82, 2.24) is 6.15 Å². The fourth-order valence-electron chi connectivity index (χ4n) is 0. The normalized spacial score (nSPS) is 4.00. The Kier molecular flexibility index (Phi) is 49.7. The summed E-state index contributed by atoms with van der Waals surface area (Å²) in [6, 6.07) is 0. The molecule has 0 fully saturated rings. The lowest BCUT2D eigenvalue weighted by atomic mass is 11.3. The molecule has 5 heteroatoms. The van der Waals surface area contributed by atoms with Gasteiger partial charge in [0.15, 0.2) is 0 Å². The van der Waals surface area contributed by atoms with E-state index in [1.54, 1.807) is 0 Å². The molecular formula is C2H8N2O3. The van der Waals surface area contributed by atoms with Crippen LogP contribution in [-0.2, 0) is 0 Å². The molecule has 0 aromatic heterocycles. The predicted molar refractivity (Wildman–Crippen MR) is 25.1 cm³/mol. The van der Waals surface area contributed by atoms with E-state index in [0.29, 0.717) is 0 Å². The first-order valence-electron chi connectivity index (χ1n) is 1.07. The van der Waals surface area contributed by atoms with Gasteiger partial charge < -0.3 is 11.4 Å². The molecule has 4 N–H and O–H groups in total. The molecular weight excluding hydrogens is 100 g/mol. The van der Waals surface area contributed by atoms with Crippen LogP contribution in [0.3, 0.4) is 0 Å². The van der Waals surface area contributed by atoms with Crippen molar-refractivity contribution in [3.05, 3.63) is 23.3 Å². The minimum absolute atomic E-state index is 0. The van der Waals surface area contributed by atoms with E-state index in [2.05, 4.69) is 13.2 Å². The zero-order chi connectivity index (χ0) is 5.58. The third-order valence-electron chi connectivity index (χ3n) is 0. The summed E-state index contributed by atoms with van der Waals surface area (Å²) in [6.07, 6.45) is 0. The van der Waals surface area contributed by atoms with Crippen LogP contribution in [-0.4, -0.2) is 10.3 Å². The fraction of sp³-hybridized carbons (Fsp3) is 0. The standard InChI is InChI=1S/C2H4.HNO3.H3N/c1-2;2-1(3)4;/h1-2H2;(H,2,3,4);1H3. The molecule has 7 heavy (non-hydrogen) atoms. The van der Waals surface area contributed by atoms with E-state index in [1.807, 2.05) is 0 Å². The monoisotopic (exact) mass is 108 g/mol. The second-order valence-electron chi connectivity index (χ2n) is 0.238. The van der Waals surface area contributed by atoms with E-state index < -0.39 is 5.09 Å². The van der Waals surface area contributed by atoms with Gasteiger partial charge >= 0.3 is 0 Å². The van der Waals surface area contributed by atoms with E-state index in [0.717, 1.165) is 0 Å². The van der Waals surface area contributed by atoms with Crippen LogP contribution < -0.4 is 6.15 Å². The summed E-state index contributed by atoms with van der Waals surface area (Å²) in [5.41, 5.74) is 0. The molecule has 0 spiro atoms. The van der Waals surface area contributed by atoms with Gasteiger partial charge in [0.25, 0.3) is 5.09 Å². The van der Waals surface area contributed by atoms with Crippen LogP contribution in [0.15, 0.2) is 13.2 Å². The molecule has 0 aromatic carbocycles. The molecule has 0 heterocycles. The average Bonchev–Trinajstić information content (AvgIpc) is 1.41. The highest BCUT2D eigenvalue weighted by atomic mass is 16.9. The van der Waals surface area contributed by atoms with Crippen LogP contribution >= 0.6 is 0 Å². The molecule has 0 aliphatic rings. The summed E-state index contributed by atoms with van der Waals surface area (Å²) in [6.45, 7) is 6.00. The Balaban J connectivity index is -0.0000000480. The van der Waals surface area contributed by atoms with Crippen LogP contribution in [0.4, 0.5) is 0 Å². The second kappa shape index (κ2) is 20.6. The van der Waals surface area contributed by atoms with E-state index in [4.69, 9.17) is 15.3 Å². The lowest BCUT2D eigenvalue weighted by molar-refractivity contribution is -0.742. The SMILES string of the molecule is C=C.N.O=[N+]([O-])O. The van der Waals surface area contributed by atoms with E-state index in [9.17, 15) is 0 Å². The van der Waals surface area contributed by atoms with Crippen LogP contribution in [0.1, 0.15) is 0 Å². The van der Waals surface area contributed by atoms with Gasteiger partial charge in [-0.15, -0.1) is 23.3 Å². The van der Waals surface area contributed by atoms with E-state index in [1.165, 1.54) is 0 Å². The van der Waals surface area contributed by atoms with Crippen LogP contribution in [0.2, 0.25) is 0 Å². The van der Waals surface area contributed by atoms with Gasteiger partial charge in [0.05, 0.1) is 0 Å². The lowest BCUT2D eigenvalue weighted by Crippen LogP contribution is -1.81. The van der Waals surface area contributed by atoms with Gasteiger partial charge in [0.2, 0.25) is 0 Å². The highest BCUT2D eigenvalue weighted by molar-refractivity contribution is 4.22. The van der Waals surface area contributed by atoms with Gasteiger partial charge in [-0.1, -0.05) is 0 Å². The van der Waals surface area contributed by atoms with E-state index in [-0.39, 0.29) is 6.15 Å². The molecule has 44 valence electrons. The zero-order valence-electron chi connectivity index (χ0n) is 3.83. The smallest absolute Gasteiger partial charge is 0.291 e. The van der Waals surface area contributed by atoms with Crippen LogP contribution in [0.25, 0.3) is 0 Å². The molecule has 0 aliphatic carbocycles. The summed E-state index contributed by atoms with van der Waals surface area (Å²) >= 11 is 0. The number of hydrogen-bond donors (Lipinski definition) is 2. The highest BCUT2D eigenvalue weighted by Gasteiger charge is 1.65. The number of nitrogens with zero attached hydrogens (tertiary/aromatic N) is 1. The molecule has 0 saturated heterocycles. The summed E-state index contributed by atoms with van der Waals surface area (Å²) in [7, 11) is 0. The van der Waals surface area contributed by atoms with Gasteiger partial charge in [-0.25, -0.2) is 0 Å². The number of hydrogen-bond acceptors (Lipinski definition) is 3. The summed E-state index contributed by atoms with van der Waals surface area (Å²) in [4.78, 5) is 8.36. The maximum atomic E-state index is 8.36. The van der Waals surface area contributed by atoms with Crippen molar-refractivity contribution in [2.45, 2.75) is 0 Å². The van der Waals surface area contributed by atoms with Crippen molar-refractivity contribution in [2.75, 3.05) is 0 Å². The molecule has 0 aromatic rings. The van der Waals surface area contributed by atoms with Crippen LogP contribution in [0.5, 0.6) is 0 Å². The summed E-state index contributed by atoms with van der Waals surface area (Å²) in [5, 5.41) is 13.6. The van der Waals surface area contributed by atoms with Crippen molar-refractivity contribution in [3.63, 3.8) is 0 Å². The fourth-order valence-corrected chi connectivity index (χ4v) is 0. The largest absolute Gasteiger partial charge is 0.344 e. The first-order chi connectivity index (χ1) is 2.73. The predicted octanol–water partition coefficient (Wildman–Crippen LogP) is 0.616. The minimum atomic E-state index is -1.50. The molecule has 0 atom stereocenters. The average molecular weight is 108 g/mol. The maximum Gasteiger partial charge on any atom is 0.291 e. The third-order valence-corrected chi connectivity index (χ3v) is 0. The molecule has 0 aliphatic heterocycles. The molecule has 0 amide bonds. The first kappa shape index (κ1) is 16.8. The van der Waals surface area contributed by atoms with E-state index >= 15 is 0 Å². The molecule has 0 unspecified atom stereocenters. The van der Waals surface area contributed by atoms with Gasteiger partial charge in [-0.2, -0.15) is 0 Å². The quantitative estimate of drug-likeness (QED) is 0.270. The van der Waals surface area contributed by atoms with Crippen molar-refractivity contribution >= 4 is 0 Å². The summed E-state index contributed by atoms with van der Waals surface area (Å²) in [5.74, 6) is 0. The van der Waals surface area contributed by atoms with Gasteiger partial charge in [-0.05, 0) is 0 Å². The first-order valence-corrected chi connectivity index (χ1v) is 1.07. The molecule has 0 rings (SSSR count). The minimum Gasteiger partial charge on any atom is -0.344 e. The Morgan fingerprint density at radius 3 is 1.57 bits per heavy atom. The Morgan fingerprint density at radius 2 is 1.57 bits per heavy atom. The Morgan fingerprint density at radius 1 is 1.57 bits per heavy atom. The number of rotatable bonds is 0. The van der Waals surface area contributed by atoms with Crippen LogP contribution in [0, 0.1) is 10.1 Å². The summed E-state index contributed by atoms with van der Waals surface area (Å²) < 4.78 is 0. The van der Waals surface area contributed by atoms with Gasteiger partial charge in [-0.3, -0.25) is 0 Å². The highest BCUT2D eigenvalue weighted by Crippen LogP contribution is 1.38. The molecule has 0 radical (unpaired) electrons. The Hall–Kier alpha value is -1.10. The zero-order valence-corrected chi connectivity index (χ0v) is 3.83.